The summed E-state index contributed by atoms with van der Waals surface area (Å²) in [5, 5.41) is 6.39. The van der Waals surface area contributed by atoms with Crippen molar-refractivity contribution in [2.75, 3.05) is 47.0 Å². The highest BCUT2D eigenvalue weighted by molar-refractivity contribution is 6.07. The molecule has 0 saturated heterocycles. The van der Waals surface area contributed by atoms with Crippen molar-refractivity contribution in [3.05, 3.63) is 100 Å². The number of hydrazone groups is 1. The molecular weight excluding hydrogens is 576 g/mol. The van der Waals surface area contributed by atoms with Gasteiger partial charge in [0.05, 0.1) is 47.3 Å². The van der Waals surface area contributed by atoms with Gasteiger partial charge in [0, 0.05) is 36.0 Å². The number of anilines is 2. The minimum Gasteiger partial charge on any atom is -0.493 e. The average Bonchev–Trinajstić information content (AvgIpc) is 3.06. The molecule has 1 aliphatic heterocycles. The van der Waals surface area contributed by atoms with Gasteiger partial charge in [-0.05, 0) is 41.0 Å². The topological polar surface area (TPSA) is 157 Å². The number of carbonyl (C=O) groups is 1. The van der Waals surface area contributed by atoms with Crippen LogP contribution in [0.2, 0.25) is 0 Å². The van der Waals surface area contributed by atoms with Crippen LogP contribution in [-0.2, 0) is 6.42 Å². The van der Waals surface area contributed by atoms with Crippen molar-refractivity contribution < 1.29 is 28.5 Å². The number of hydrogen-bond donors (Lipinski definition) is 2. The van der Waals surface area contributed by atoms with Crippen molar-refractivity contribution in [1.82, 2.24) is 15.0 Å². The van der Waals surface area contributed by atoms with E-state index in [0.29, 0.717) is 46.3 Å². The second kappa shape index (κ2) is 13.2. The molecule has 4 aromatic rings. The Kier molecular flexibility index (Phi) is 9.03. The third kappa shape index (κ3) is 6.16. The van der Waals surface area contributed by atoms with Crippen LogP contribution < -0.4 is 35.2 Å². The van der Waals surface area contributed by atoms with Gasteiger partial charge in [-0.1, -0.05) is 24.3 Å². The Hall–Kier alpha value is -5.78. The number of benzene rings is 3. The van der Waals surface area contributed by atoms with Crippen LogP contribution in [0.25, 0.3) is 0 Å². The maximum absolute atomic E-state index is 13.8. The van der Waals surface area contributed by atoms with E-state index in [2.05, 4.69) is 15.1 Å². The summed E-state index contributed by atoms with van der Waals surface area (Å²) in [6.07, 6.45) is 6.73. The maximum atomic E-state index is 13.8. The van der Waals surface area contributed by atoms with E-state index in [0.717, 1.165) is 22.3 Å². The van der Waals surface area contributed by atoms with Crippen LogP contribution in [0.3, 0.4) is 0 Å². The highest BCUT2D eigenvalue weighted by atomic mass is 16.5. The van der Waals surface area contributed by atoms with Crippen LogP contribution in [0.1, 0.15) is 44.2 Å². The normalized spacial score (nSPS) is 13.8. The zero-order chi connectivity index (χ0) is 32.1. The fourth-order valence-electron chi connectivity index (χ4n) is 5.26. The van der Waals surface area contributed by atoms with Crippen LogP contribution in [0, 0.1) is 0 Å². The van der Waals surface area contributed by atoms with E-state index < -0.39 is 6.04 Å². The fraction of sp³-hybridized carbons (Fsp3) is 0.212. The van der Waals surface area contributed by atoms with Crippen molar-refractivity contribution in [2.24, 2.45) is 5.10 Å². The first-order valence-corrected chi connectivity index (χ1v) is 13.9. The third-order valence-corrected chi connectivity index (χ3v) is 7.38. The molecule has 12 heteroatoms. The first kappa shape index (κ1) is 30.7. The number of nitrogens with zero attached hydrogens (tertiary/aromatic N) is 4. The standard InChI is InChI=1S/C33H34N6O6/c1-41-26-14-19(12-22-17-36-33(35)38-32(22)34)13-24(30(26)44-4)25(40)10-11-39-29(23-9-7-6-8-20(23)18-37-39)21-15-27(42-2)31(45-5)28(16-21)43-3/h6-11,13-18,29H,12H2,1-5H3,(H4,34,35,36,38)/b11-10+. The van der Waals surface area contributed by atoms with Gasteiger partial charge in [-0.2, -0.15) is 10.1 Å². The van der Waals surface area contributed by atoms with Crippen LogP contribution >= 0.6 is 0 Å². The molecule has 0 bridgehead atoms. The lowest BCUT2D eigenvalue weighted by molar-refractivity contribution is 0.104. The van der Waals surface area contributed by atoms with E-state index in [1.54, 1.807) is 57.1 Å². The number of nitrogen functional groups attached to an aromatic ring is 2. The lowest BCUT2D eigenvalue weighted by Gasteiger charge is -2.32. The average molecular weight is 611 g/mol. The SMILES string of the molecule is COc1cc(C2c3ccccc3C=NN2/C=C/C(=O)c2cc(Cc3cnc(N)nc3N)cc(OC)c2OC)cc(OC)c1OC. The van der Waals surface area contributed by atoms with Gasteiger partial charge < -0.3 is 35.2 Å². The van der Waals surface area contributed by atoms with Crippen LogP contribution in [0.4, 0.5) is 11.8 Å². The van der Waals surface area contributed by atoms with Crippen LogP contribution in [-0.4, -0.2) is 62.5 Å². The molecule has 1 unspecified atom stereocenters. The van der Waals surface area contributed by atoms with Gasteiger partial charge in [0.15, 0.2) is 28.8 Å². The Balaban J connectivity index is 1.54. The number of ketones is 1. The van der Waals surface area contributed by atoms with Gasteiger partial charge in [0.2, 0.25) is 11.7 Å². The number of carbonyl (C=O) groups excluding carboxylic acids is 1. The van der Waals surface area contributed by atoms with E-state index in [1.807, 2.05) is 36.4 Å². The molecule has 2 heterocycles. The van der Waals surface area contributed by atoms with Gasteiger partial charge >= 0.3 is 0 Å². The number of allylic oxidation sites excluding steroid dienone is 1. The maximum Gasteiger partial charge on any atom is 0.221 e. The summed E-state index contributed by atoms with van der Waals surface area (Å²) in [5.74, 6) is 2.17. The number of nitrogens with two attached hydrogens (primary N) is 2. The number of methoxy groups -OCH3 is 5. The summed E-state index contributed by atoms with van der Waals surface area (Å²) in [6.45, 7) is 0. The van der Waals surface area contributed by atoms with Crippen molar-refractivity contribution >= 4 is 23.8 Å². The van der Waals surface area contributed by atoms with Gasteiger partial charge in [-0.15, -0.1) is 0 Å². The molecule has 1 atom stereocenters. The van der Waals surface area contributed by atoms with Gasteiger partial charge in [-0.25, -0.2) is 4.98 Å². The summed E-state index contributed by atoms with van der Waals surface area (Å²) in [6, 6.07) is 14.7. The molecule has 45 heavy (non-hydrogen) atoms. The smallest absolute Gasteiger partial charge is 0.221 e. The first-order valence-electron chi connectivity index (χ1n) is 13.9. The largest absolute Gasteiger partial charge is 0.493 e. The van der Waals surface area contributed by atoms with Crippen molar-refractivity contribution in [3.63, 3.8) is 0 Å². The van der Waals surface area contributed by atoms with E-state index in [4.69, 9.17) is 35.2 Å². The fourth-order valence-corrected chi connectivity index (χ4v) is 5.26. The molecule has 0 fully saturated rings. The zero-order valence-corrected chi connectivity index (χ0v) is 25.6. The highest BCUT2D eigenvalue weighted by Crippen LogP contribution is 2.43. The van der Waals surface area contributed by atoms with E-state index in [-0.39, 0.29) is 17.5 Å². The minimum absolute atomic E-state index is 0.0809. The Labute approximate surface area is 260 Å². The van der Waals surface area contributed by atoms with Gasteiger partial charge in [0.25, 0.3) is 0 Å². The molecule has 5 rings (SSSR count). The predicted molar refractivity (Wildman–Crippen MR) is 170 cm³/mol. The predicted octanol–water partition coefficient (Wildman–Crippen LogP) is 4.41. The molecule has 0 radical (unpaired) electrons. The van der Waals surface area contributed by atoms with E-state index in [1.165, 1.54) is 20.3 Å². The molecule has 0 spiro atoms. The van der Waals surface area contributed by atoms with Gasteiger partial charge in [-0.3, -0.25) is 9.80 Å². The molecular formula is C33H34N6O6. The van der Waals surface area contributed by atoms with Crippen molar-refractivity contribution in [2.45, 2.75) is 12.5 Å². The van der Waals surface area contributed by atoms with Crippen LogP contribution in [0.15, 0.2) is 72.1 Å². The molecule has 4 N–H and O–H groups in total. The Bertz CT molecular complexity index is 1760. The summed E-state index contributed by atoms with van der Waals surface area (Å²) < 4.78 is 28.0. The Morgan fingerprint density at radius 2 is 1.56 bits per heavy atom. The summed E-state index contributed by atoms with van der Waals surface area (Å²) in [4.78, 5) is 21.9. The zero-order valence-electron chi connectivity index (χ0n) is 25.6. The number of fused-ring (bicyclic) bond motifs is 1. The second-order valence-electron chi connectivity index (χ2n) is 9.99. The molecule has 0 amide bonds. The van der Waals surface area contributed by atoms with Crippen molar-refractivity contribution in [1.29, 1.82) is 0 Å². The molecule has 232 valence electrons. The third-order valence-electron chi connectivity index (χ3n) is 7.38. The number of ether oxygens (including phenoxy) is 5. The highest BCUT2D eigenvalue weighted by Gasteiger charge is 2.28. The number of aromatic nitrogens is 2. The van der Waals surface area contributed by atoms with Gasteiger partial charge in [0.1, 0.15) is 11.9 Å². The van der Waals surface area contributed by atoms with Crippen molar-refractivity contribution in [3.8, 4) is 28.7 Å². The summed E-state index contributed by atoms with van der Waals surface area (Å²) in [5.41, 5.74) is 16.1. The number of rotatable bonds is 11. The number of hydrogen-bond acceptors (Lipinski definition) is 12. The summed E-state index contributed by atoms with van der Waals surface area (Å²) >= 11 is 0. The Morgan fingerprint density at radius 1 is 0.889 bits per heavy atom. The molecule has 3 aromatic carbocycles. The molecule has 1 aromatic heterocycles. The van der Waals surface area contributed by atoms with E-state index >= 15 is 0 Å². The lowest BCUT2D eigenvalue weighted by Crippen LogP contribution is -2.25. The van der Waals surface area contributed by atoms with E-state index in [9.17, 15) is 4.79 Å². The summed E-state index contributed by atoms with van der Waals surface area (Å²) in [7, 11) is 7.67. The molecule has 0 aliphatic carbocycles. The monoisotopic (exact) mass is 610 g/mol. The first-order chi connectivity index (χ1) is 21.8. The lowest BCUT2D eigenvalue weighted by atomic mass is 9.92. The minimum atomic E-state index is -0.416. The Morgan fingerprint density at radius 3 is 2.20 bits per heavy atom. The quantitative estimate of drug-likeness (QED) is 0.183. The second-order valence-corrected chi connectivity index (χ2v) is 9.99. The molecule has 1 aliphatic rings. The molecule has 12 nitrogen and oxygen atoms in total. The van der Waals surface area contributed by atoms with Crippen LogP contribution in [0.5, 0.6) is 28.7 Å². The molecule has 0 saturated carbocycles.